The van der Waals surface area contributed by atoms with Crippen LogP contribution >= 0.6 is 11.8 Å². The van der Waals surface area contributed by atoms with E-state index in [4.69, 9.17) is 9.15 Å². The van der Waals surface area contributed by atoms with Crippen molar-refractivity contribution >= 4 is 44.6 Å². The van der Waals surface area contributed by atoms with E-state index in [1.165, 1.54) is 28.6 Å². The average molecular weight is 461 g/mol. The van der Waals surface area contributed by atoms with Crippen molar-refractivity contribution in [2.24, 2.45) is 0 Å². The molecule has 1 aliphatic rings. The van der Waals surface area contributed by atoms with Crippen molar-refractivity contribution in [2.45, 2.75) is 23.0 Å². The van der Waals surface area contributed by atoms with Crippen LogP contribution in [0.5, 0.6) is 0 Å². The van der Waals surface area contributed by atoms with E-state index < -0.39 is 28.4 Å². The molecule has 0 aliphatic carbocycles. The van der Waals surface area contributed by atoms with Gasteiger partial charge in [-0.15, -0.1) is 0 Å². The van der Waals surface area contributed by atoms with Crippen molar-refractivity contribution in [3.8, 4) is 0 Å². The van der Waals surface area contributed by atoms with E-state index >= 15 is 0 Å². The van der Waals surface area contributed by atoms with Gasteiger partial charge in [-0.25, -0.2) is 13.4 Å². The zero-order valence-corrected chi connectivity index (χ0v) is 18.2. The van der Waals surface area contributed by atoms with E-state index in [1.54, 1.807) is 6.07 Å². The topological polar surface area (TPSA) is 107 Å². The monoisotopic (exact) mass is 460 g/mol. The lowest BCUT2D eigenvalue weighted by Crippen LogP contribution is -2.27. The van der Waals surface area contributed by atoms with Crippen LogP contribution in [0.4, 0.5) is 0 Å². The molecule has 0 amide bonds. The Morgan fingerprint density at radius 3 is 2.48 bits per heavy atom. The molecule has 0 bridgehead atoms. The first kappa shape index (κ1) is 21.5. The number of esters is 1. The first-order valence-electron chi connectivity index (χ1n) is 9.71. The molecule has 0 atom stereocenters. The van der Waals surface area contributed by atoms with Crippen LogP contribution in [-0.2, 0) is 19.6 Å². The van der Waals surface area contributed by atoms with Crippen molar-refractivity contribution in [3.05, 3.63) is 54.1 Å². The van der Waals surface area contributed by atoms with Gasteiger partial charge in [0.25, 0.3) is 5.22 Å². The molecule has 2 heterocycles. The van der Waals surface area contributed by atoms with Crippen LogP contribution in [0.15, 0.2) is 63.1 Å². The van der Waals surface area contributed by atoms with Gasteiger partial charge in [-0.05, 0) is 49.2 Å². The number of benzene rings is 2. The first-order chi connectivity index (χ1) is 14.9. The van der Waals surface area contributed by atoms with Gasteiger partial charge in [0.05, 0.1) is 4.90 Å². The molecule has 1 fully saturated rings. The fourth-order valence-electron chi connectivity index (χ4n) is 3.19. The Kier molecular flexibility index (Phi) is 6.40. The van der Waals surface area contributed by atoms with Crippen molar-refractivity contribution in [3.63, 3.8) is 0 Å². The highest BCUT2D eigenvalue weighted by atomic mass is 32.2. The average Bonchev–Trinajstić information content (AvgIpc) is 3.46. The number of ketones is 1. The summed E-state index contributed by atoms with van der Waals surface area (Å²) in [5.41, 5.74) is 1.60. The van der Waals surface area contributed by atoms with Gasteiger partial charge in [0.1, 0.15) is 11.3 Å². The smallest absolute Gasteiger partial charge is 0.316 e. The molecule has 4 rings (SSSR count). The summed E-state index contributed by atoms with van der Waals surface area (Å²) in [7, 11) is -3.53. The maximum absolute atomic E-state index is 12.5. The molecule has 0 N–H and O–H groups in total. The van der Waals surface area contributed by atoms with Crippen LogP contribution in [0.1, 0.15) is 23.2 Å². The molecule has 1 saturated heterocycles. The summed E-state index contributed by atoms with van der Waals surface area (Å²) in [5, 5.41) is 0.347. The third-order valence-corrected chi connectivity index (χ3v) is 7.55. The quantitative estimate of drug-likeness (QED) is 0.287. The Labute approximate surface area is 183 Å². The summed E-state index contributed by atoms with van der Waals surface area (Å²) in [4.78, 5) is 28.6. The second-order valence-electron chi connectivity index (χ2n) is 6.96. The lowest BCUT2D eigenvalue weighted by Gasteiger charge is -2.15. The van der Waals surface area contributed by atoms with Crippen LogP contribution in [0.25, 0.3) is 11.1 Å². The minimum Gasteiger partial charge on any atom is -0.457 e. The number of aromatic nitrogens is 1. The lowest BCUT2D eigenvalue weighted by atomic mass is 10.1. The third-order valence-electron chi connectivity index (χ3n) is 4.83. The number of oxazole rings is 1. The molecule has 0 unspecified atom stereocenters. The number of fused-ring (bicyclic) bond motifs is 1. The van der Waals surface area contributed by atoms with Crippen molar-refractivity contribution in [2.75, 3.05) is 25.4 Å². The second kappa shape index (κ2) is 9.21. The van der Waals surface area contributed by atoms with E-state index in [-0.39, 0.29) is 16.2 Å². The van der Waals surface area contributed by atoms with Gasteiger partial charge >= 0.3 is 5.97 Å². The number of sulfonamides is 1. The number of Topliss-reactive ketones (excluding diaryl/α,β-unsaturated/α-hetero) is 1. The highest BCUT2D eigenvalue weighted by Crippen LogP contribution is 2.23. The highest BCUT2D eigenvalue weighted by molar-refractivity contribution is 7.99. The lowest BCUT2D eigenvalue weighted by molar-refractivity contribution is -0.139. The maximum Gasteiger partial charge on any atom is 0.316 e. The minimum absolute atomic E-state index is 0.0485. The fourth-order valence-corrected chi connectivity index (χ4v) is 5.35. The van der Waals surface area contributed by atoms with Gasteiger partial charge in [-0.3, -0.25) is 9.59 Å². The summed E-state index contributed by atoms with van der Waals surface area (Å²) in [6.07, 6.45) is 1.71. The van der Waals surface area contributed by atoms with E-state index in [0.29, 0.717) is 29.4 Å². The Hall–Kier alpha value is -2.69. The second-order valence-corrected chi connectivity index (χ2v) is 9.82. The summed E-state index contributed by atoms with van der Waals surface area (Å²) in [5.74, 6) is -1.04. The summed E-state index contributed by atoms with van der Waals surface area (Å²) in [6.45, 7) is 0.603. The van der Waals surface area contributed by atoms with E-state index in [9.17, 15) is 18.0 Å². The van der Waals surface area contributed by atoms with Crippen LogP contribution in [0, 0.1) is 0 Å². The molecule has 162 valence electrons. The van der Waals surface area contributed by atoms with Crippen LogP contribution < -0.4 is 0 Å². The Bertz CT molecular complexity index is 1170. The van der Waals surface area contributed by atoms with E-state index in [1.807, 2.05) is 18.2 Å². The molecule has 8 nitrogen and oxygen atoms in total. The number of hydrogen-bond donors (Lipinski definition) is 0. The molecule has 0 spiro atoms. The zero-order valence-electron chi connectivity index (χ0n) is 16.5. The number of carbonyl (C=O) groups excluding carboxylic acids is 2. The number of carbonyl (C=O) groups is 2. The molecule has 10 heteroatoms. The number of para-hydroxylation sites is 2. The molecule has 3 aromatic rings. The minimum atomic E-state index is -3.53. The van der Waals surface area contributed by atoms with Gasteiger partial charge < -0.3 is 9.15 Å². The van der Waals surface area contributed by atoms with Crippen molar-refractivity contribution < 1.29 is 27.2 Å². The number of ether oxygens (including phenoxy) is 1. The normalized spacial score (nSPS) is 14.7. The van der Waals surface area contributed by atoms with Gasteiger partial charge in [0, 0.05) is 18.7 Å². The molecule has 2 aromatic carbocycles. The predicted molar refractivity (Wildman–Crippen MR) is 114 cm³/mol. The van der Waals surface area contributed by atoms with Crippen LogP contribution in [-0.4, -0.2) is 54.9 Å². The predicted octanol–water partition coefficient (Wildman–Crippen LogP) is 3.13. The number of rotatable bonds is 8. The summed E-state index contributed by atoms with van der Waals surface area (Å²) >= 11 is 1.08. The van der Waals surface area contributed by atoms with Crippen LogP contribution in [0.2, 0.25) is 0 Å². The molecule has 1 aliphatic heterocycles. The first-order valence-corrected chi connectivity index (χ1v) is 12.1. The third kappa shape index (κ3) is 4.97. The van der Waals surface area contributed by atoms with Crippen molar-refractivity contribution in [1.82, 2.24) is 9.29 Å². The van der Waals surface area contributed by atoms with Gasteiger partial charge in [-0.2, -0.15) is 4.31 Å². The highest BCUT2D eigenvalue weighted by Gasteiger charge is 2.27. The summed E-state index contributed by atoms with van der Waals surface area (Å²) in [6, 6.07) is 13.0. The molecule has 0 radical (unpaired) electrons. The molecular formula is C21H20N2O6S2. The van der Waals surface area contributed by atoms with Crippen molar-refractivity contribution in [1.29, 1.82) is 0 Å². The van der Waals surface area contributed by atoms with E-state index in [2.05, 4.69) is 4.98 Å². The van der Waals surface area contributed by atoms with Gasteiger partial charge in [-0.1, -0.05) is 23.9 Å². The van der Waals surface area contributed by atoms with Gasteiger partial charge in [0.15, 0.2) is 18.0 Å². The summed E-state index contributed by atoms with van der Waals surface area (Å²) < 4.78 is 37.1. The van der Waals surface area contributed by atoms with E-state index in [0.717, 1.165) is 24.6 Å². The zero-order chi connectivity index (χ0) is 21.8. The maximum atomic E-state index is 12.5. The SMILES string of the molecule is O=C(CSc1nc2ccccc2o1)OCC(=O)c1ccc(S(=O)(=O)N2CCCC2)cc1. The Morgan fingerprint density at radius 1 is 1.06 bits per heavy atom. The molecule has 1 aromatic heterocycles. The fraction of sp³-hybridized carbons (Fsp3) is 0.286. The van der Waals surface area contributed by atoms with Gasteiger partial charge in [0.2, 0.25) is 10.0 Å². The number of hydrogen-bond acceptors (Lipinski definition) is 8. The standard InChI is InChI=1S/C21H20N2O6S2/c24-18(15-7-9-16(10-8-15)31(26,27)23-11-3-4-12-23)13-28-20(25)14-30-21-22-17-5-1-2-6-19(17)29-21/h1-2,5-10H,3-4,11-14H2. The van der Waals surface area contributed by atoms with Crippen LogP contribution in [0.3, 0.4) is 0 Å². The number of thioether (sulfide) groups is 1. The Morgan fingerprint density at radius 2 is 1.77 bits per heavy atom. The largest absolute Gasteiger partial charge is 0.457 e. The molecule has 31 heavy (non-hydrogen) atoms. The number of nitrogens with zero attached hydrogens (tertiary/aromatic N) is 2. The Balaban J connectivity index is 1.28. The molecule has 0 saturated carbocycles. The molecular weight excluding hydrogens is 440 g/mol.